The van der Waals surface area contributed by atoms with Crippen LogP contribution in [-0.4, -0.2) is 5.78 Å². The van der Waals surface area contributed by atoms with Crippen molar-refractivity contribution in [1.82, 2.24) is 0 Å². The van der Waals surface area contributed by atoms with Crippen molar-refractivity contribution >= 4 is 23.5 Å². The highest BCUT2D eigenvalue weighted by atomic mass is 35.5. The first-order valence-corrected chi connectivity index (χ1v) is 6.08. The molecule has 2 rings (SSSR count). The zero-order chi connectivity index (χ0) is 13.0. The van der Waals surface area contributed by atoms with Crippen LogP contribution in [0.2, 0.25) is 5.02 Å². The Morgan fingerprint density at radius 3 is 2.39 bits per heavy atom. The van der Waals surface area contributed by atoms with Crippen molar-refractivity contribution < 1.29 is 4.79 Å². The molecule has 0 saturated carbocycles. The second-order valence-electron chi connectivity index (χ2n) is 4.09. The van der Waals surface area contributed by atoms with Crippen LogP contribution in [0, 0.1) is 6.92 Å². The van der Waals surface area contributed by atoms with Crippen LogP contribution < -0.4 is 0 Å². The fraction of sp³-hybridized carbons (Fsp3) is 0.0625. The van der Waals surface area contributed by atoms with Crippen molar-refractivity contribution in [3.63, 3.8) is 0 Å². The van der Waals surface area contributed by atoms with Crippen LogP contribution in [0.25, 0.3) is 6.08 Å². The fourth-order valence-corrected chi connectivity index (χ4v) is 1.83. The second kappa shape index (κ2) is 5.65. The molecule has 2 aromatic rings. The number of hydrogen-bond donors (Lipinski definition) is 0. The molecule has 0 aliphatic rings. The zero-order valence-corrected chi connectivity index (χ0v) is 10.8. The predicted octanol–water partition coefficient (Wildman–Crippen LogP) is 4.54. The van der Waals surface area contributed by atoms with Crippen LogP contribution in [0.3, 0.4) is 0 Å². The van der Waals surface area contributed by atoms with Gasteiger partial charge in [0, 0.05) is 5.56 Å². The van der Waals surface area contributed by atoms with Gasteiger partial charge in [-0.05, 0) is 30.7 Å². The van der Waals surface area contributed by atoms with E-state index in [1.165, 1.54) is 5.56 Å². The summed E-state index contributed by atoms with van der Waals surface area (Å²) in [5.74, 6) is -0.0822. The van der Waals surface area contributed by atoms with Crippen molar-refractivity contribution in [3.05, 3.63) is 76.3 Å². The van der Waals surface area contributed by atoms with Gasteiger partial charge in [-0.25, -0.2) is 0 Å². The van der Waals surface area contributed by atoms with Crippen LogP contribution in [0.1, 0.15) is 21.5 Å². The summed E-state index contributed by atoms with van der Waals surface area (Å²) < 4.78 is 0. The first-order chi connectivity index (χ1) is 8.66. The van der Waals surface area contributed by atoms with E-state index in [4.69, 9.17) is 11.6 Å². The Labute approximate surface area is 112 Å². The summed E-state index contributed by atoms with van der Waals surface area (Å²) in [6.45, 7) is 2.03. The van der Waals surface area contributed by atoms with E-state index >= 15 is 0 Å². The number of allylic oxidation sites excluding steroid dienone is 1. The topological polar surface area (TPSA) is 17.1 Å². The van der Waals surface area contributed by atoms with Gasteiger partial charge in [-0.3, -0.25) is 4.79 Å². The Bertz CT molecular complexity index is 582. The number of ketones is 1. The average molecular weight is 257 g/mol. The predicted molar refractivity (Wildman–Crippen MR) is 76.0 cm³/mol. The summed E-state index contributed by atoms with van der Waals surface area (Å²) >= 11 is 5.97. The van der Waals surface area contributed by atoms with E-state index in [2.05, 4.69) is 0 Å². The van der Waals surface area contributed by atoms with Gasteiger partial charge in [0.05, 0.1) is 5.02 Å². The summed E-state index contributed by atoms with van der Waals surface area (Å²) in [7, 11) is 0. The minimum atomic E-state index is -0.0822. The zero-order valence-electron chi connectivity index (χ0n) is 10.1. The third-order valence-corrected chi connectivity index (χ3v) is 2.97. The fourth-order valence-electron chi connectivity index (χ4n) is 1.60. The van der Waals surface area contributed by atoms with E-state index in [1.807, 2.05) is 37.3 Å². The molecule has 90 valence electrons. The lowest BCUT2D eigenvalue weighted by Crippen LogP contribution is -1.94. The molecule has 0 bridgehead atoms. The molecule has 18 heavy (non-hydrogen) atoms. The summed E-state index contributed by atoms with van der Waals surface area (Å²) in [4.78, 5) is 11.9. The molecule has 0 aliphatic heterocycles. The second-order valence-corrected chi connectivity index (χ2v) is 4.50. The lowest BCUT2D eigenvalue weighted by atomic mass is 10.1. The molecule has 0 unspecified atom stereocenters. The molecule has 0 aliphatic carbocycles. The highest BCUT2D eigenvalue weighted by molar-refractivity contribution is 6.34. The Hall–Kier alpha value is -1.86. The molecule has 0 heterocycles. The Kier molecular flexibility index (Phi) is 3.96. The number of carbonyl (C=O) groups excluding carboxylic acids is 1. The minimum absolute atomic E-state index is 0.0822. The van der Waals surface area contributed by atoms with E-state index in [-0.39, 0.29) is 5.78 Å². The van der Waals surface area contributed by atoms with Crippen LogP contribution in [0.4, 0.5) is 0 Å². The number of rotatable bonds is 3. The Morgan fingerprint density at radius 2 is 1.72 bits per heavy atom. The lowest BCUT2D eigenvalue weighted by Gasteiger charge is -1.98. The molecule has 0 spiro atoms. The molecule has 2 aromatic carbocycles. The normalized spacial score (nSPS) is 10.8. The number of hydrogen-bond acceptors (Lipinski definition) is 1. The number of aryl methyl sites for hydroxylation is 1. The van der Waals surface area contributed by atoms with Gasteiger partial charge in [0.25, 0.3) is 0 Å². The minimum Gasteiger partial charge on any atom is -0.289 e. The highest BCUT2D eigenvalue weighted by Gasteiger charge is 2.05. The van der Waals surface area contributed by atoms with Crippen LogP contribution in [0.5, 0.6) is 0 Å². The molecule has 0 fully saturated rings. The summed E-state index contributed by atoms with van der Waals surface area (Å²) in [5.41, 5.74) is 2.73. The summed E-state index contributed by atoms with van der Waals surface area (Å²) in [6.07, 6.45) is 3.34. The van der Waals surface area contributed by atoms with Crippen molar-refractivity contribution in [3.8, 4) is 0 Å². The van der Waals surface area contributed by atoms with Gasteiger partial charge in [-0.15, -0.1) is 0 Å². The molecule has 0 saturated heterocycles. The van der Waals surface area contributed by atoms with Crippen molar-refractivity contribution in [2.45, 2.75) is 6.92 Å². The SMILES string of the molecule is Cc1ccc(/C=C\C(=O)c2ccccc2Cl)cc1. The standard InChI is InChI=1S/C16H13ClO/c1-12-6-8-13(9-7-12)10-11-16(18)14-4-2-3-5-15(14)17/h2-11H,1H3/b11-10-. The largest absolute Gasteiger partial charge is 0.289 e. The van der Waals surface area contributed by atoms with Gasteiger partial charge in [0.2, 0.25) is 0 Å². The maximum atomic E-state index is 11.9. The van der Waals surface area contributed by atoms with Crippen LogP contribution in [0.15, 0.2) is 54.6 Å². The average Bonchev–Trinajstić information content (AvgIpc) is 2.38. The number of halogens is 1. The van der Waals surface area contributed by atoms with E-state index in [0.29, 0.717) is 10.6 Å². The van der Waals surface area contributed by atoms with Gasteiger partial charge in [-0.1, -0.05) is 59.6 Å². The summed E-state index contributed by atoms with van der Waals surface area (Å²) in [6, 6.07) is 15.0. The maximum Gasteiger partial charge on any atom is 0.187 e. The van der Waals surface area contributed by atoms with Crippen LogP contribution in [-0.2, 0) is 0 Å². The van der Waals surface area contributed by atoms with Gasteiger partial charge in [0.1, 0.15) is 0 Å². The van der Waals surface area contributed by atoms with Crippen molar-refractivity contribution in [1.29, 1.82) is 0 Å². The lowest BCUT2D eigenvalue weighted by molar-refractivity contribution is 0.104. The van der Waals surface area contributed by atoms with E-state index < -0.39 is 0 Å². The van der Waals surface area contributed by atoms with Gasteiger partial charge >= 0.3 is 0 Å². The molecule has 1 nitrogen and oxygen atoms in total. The summed E-state index contributed by atoms with van der Waals surface area (Å²) in [5, 5.41) is 0.482. The highest BCUT2D eigenvalue weighted by Crippen LogP contribution is 2.16. The Balaban J connectivity index is 2.17. The molecule has 0 N–H and O–H groups in total. The molecule has 0 amide bonds. The molecular weight excluding hydrogens is 244 g/mol. The molecular formula is C16H13ClO. The smallest absolute Gasteiger partial charge is 0.187 e. The van der Waals surface area contributed by atoms with Crippen molar-refractivity contribution in [2.75, 3.05) is 0 Å². The first-order valence-electron chi connectivity index (χ1n) is 5.70. The number of benzene rings is 2. The monoisotopic (exact) mass is 256 g/mol. The van der Waals surface area contributed by atoms with Crippen molar-refractivity contribution in [2.24, 2.45) is 0 Å². The van der Waals surface area contributed by atoms with Gasteiger partial charge < -0.3 is 0 Å². The quantitative estimate of drug-likeness (QED) is 0.582. The van der Waals surface area contributed by atoms with E-state index in [1.54, 1.807) is 30.4 Å². The number of carbonyl (C=O) groups is 1. The van der Waals surface area contributed by atoms with Crippen LogP contribution >= 0.6 is 11.6 Å². The molecule has 0 aromatic heterocycles. The van der Waals surface area contributed by atoms with E-state index in [9.17, 15) is 4.79 Å². The Morgan fingerprint density at radius 1 is 1.06 bits per heavy atom. The molecule has 2 heteroatoms. The molecule has 0 radical (unpaired) electrons. The van der Waals surface area contributed by atoms with E-state index in [0.717, 1.165) is 5.56 Å². The third-order valence-electron chi connectivity index (χ3n) is 2.64. The molecule has 0 atom stereocenters. The third kappa shape index (κ3) is 3.08. The maximum absolute atomic E-state index is 11.9. The van der Waals surface area contributed by atoms with Gasteiger partial charge in [-0.2, -0.15) is 0 Å². The van der Waals surface area contributed by atoms with Gasteiger partial charge in [0.15, 0.2) is 5.78 Å². The first kappa shape index (κ1) is 12.6.